The Balaban J connectivity index is 4.24. The summed E-state index contributed by atoms with van der Waals surface area (Å²) in [6, 6.07) is 0. The van der Waals surface area contributed by atoms with Crippen LogP contribution in [0.3, 0.4) is 0 Å². The number of ether oxygens (including phenoxy) is 1. The molecule has 0 spiro atoms. The molecular weight excluding hydrogens is 300 g/mol. The van der Waals surface area contributed by atoms with E-state index in [1.54, 1.807) is 0 Å². The molecule has 0 N–H and O–H groups in total. The van der Waals surface area contributed by atoms with Crippen LogP contribution in [0.25, 0.3) is 0 Å². The number of hydrogen-bond acceptors (Lipinski definition) is 4. The van der Waals surface area contributed by atoms with Crippen molar-refractivity contribution in [1.82, 2.24) is 0 Å². The average molecular weight is 335 g/mol. The van der Waals surface area contributed by atoms with Gasteiger partial charge in [0, 0.05) is 6.42 Å². The van der Waals surface area contributed by atoms with Crippen LogP contribution in [-0.2, 0) is 18.4 Å². The molecule has 1 unspecified atom stereocenters. The number of carbonyl (C=O) groups excluding carboxylic acids is 1. The molecule has 0 saturated heterocycles. The Labute approximate surface area is 132 Å². The Morgan fingerprint density at radius 3 is 2.05 bits per heavy atom. The molecule has 0 aliphatic carbocycles. The predicted molar refractivity (Wildman–Crippen MR) is 92.6 cm³/mol. The highest BCUT2D eigenvalue weighted by Crippen LogP contribution is 2.12. The third kappa shape index (κ3) is 14.5. The number of unbranched alkanes of at least 4 members (excludes halogenated alkanes) is 2. The minimum Gasteiger partial charge on any atom is -0.463 e. The summed E-state index contributed by atoms with van der Waals surface area (Å²) in [6.45, 7) is 15.8. The van der Waals surface area contributed by atoms with E-state index in [1.165, 1.54) is 0 Å². The second-order valence-corrected chi connectivity index (χ2v) is 16.4. The van der Waals surface area contributed by atoms with Crippen molar-refractivity contribution in [2.24, 2.45) is 0 Å². The summed E-state index contributed by atoms with van der Waals surface area (Å²) < 4.78 is 17.3. The summed E-state index contributed by atoms with van der Waals surface area (Å²) in [6.07, 6.45) is 3.45. The van der Waals surface area contributed by atoms with E-state index < -0.39 is 16.6 Å². The van der Waals surface area contributed by atoms with Gasteiger partial charge in [0.15, 0.2) is 16.6 Å². The van der Waals surface area contributed by atoms with Gasteiger partial charge in [0.05, 0.1) is 6.61 Å². The summed E-state index contributed by atoms with van der Waals surface area (Å²) in [5.41, 5.74) is 0. The number of rotatable bonds is 11. The topological polar surface area (TPSA) is 44.8 Å². The first-order chi connectivity index (χ1) is 9.53. The Hall–Kier alpha value is -0.176. The van der Waals surface area contributed by atoms with E-state index in [0.717, 1.165) is 19.3 Å². The lowest BCUT2D eigenvalue weighted by atomic mass is 10.2. The molecule has 0 radical (unpaired) electrons. The van der Waals surface area contributed by atoms with Crippen LogP contribution in [0.2, 0.25) is 39.3 Å². The molecule has 0 bridgehead atoms. The SMILES string of the molecule is CCCCCC(=O)OCC(CO[Si](C)(C)C)O[Si](C)(C)C. The quantitative estimate of drug-likeness (QED) is 0.323. The van der Waals surface area contributed by atoms with Crippen LogP contribution in [0.4, 0.5) is 0 Å². The fourth-order valence-electron chi connectivity index (χ4n) is 1.74. The van der Waals surface area contributed by atoms with Crippen molar-refractivity contribution in [2.45, 2.75) is 78.0 Å². The van der Waals surface area contributed by atoms with E-state index in [4.69, 9.17) is 13.6 Å². The molecule has 0 aromatic rings. The van der Waals surface area contributed by atoms with Gasteiger partial charge in [0.1, 0.15) is 12.7 Å². The Morgan fingerprint density at radius 2 is 1.57 bits per heavy atom. The summed E-state index contributed by atoms with van der Waals surface area (Å²) in [4.78, 5) is 11.7. The standard InChI is InChI=1S/C15H34O4Si2/c1-8-9-10-11-15(16)17-12-14(19-21(5,6)7)13-18-20(2,3)4/h14H,8-13H2,1-7H3. The Morgan fingerprint density at radius 1 is 0.952 bits per heavy atom. The average Bonchev–Trinajstić information content (AvgIpc) is 2.30. The third-order valence-electron chi connectivity index (χ3n) is 2.64. The molecule has 4 nitrogen and oxygen atoms in total. The highest BCUT2D eigenvalue weighted by atomic mass is 28.4. The van der Waals surface area contributed by atoms with Crippen molar-refractivity contribution in [3.8, 4) is 0 Å². The molecule has 0 fully saturated rings. The first-order valence-electron chi connectivity index (χ1n) is 8.01. The fraction of sp³-hybridized carbons (Fsp3) is 0.933. The van der Waals surface area contributed by atoms with E-state index in [0.29, 0.717) is 19.6 Å². The van der Waals surface area contributed by atoms with Crippen LogP contribution in [-0.4, -0.2) is 41.9 Å². The maximum Gasteiger partial charge on any atom is 0.305 e. The van der Waals surface area contributed by atoms with Crippen molar-refractivity contribution in [2.75, 3.05) is 13.2 Å². The summed E-state index contributed by atoms with van der Waals surface area (Å²) >= 11 is 0. The third-order valence-corrected chi connectivity index (χ3v) is 4.71. The monoisotopic (exact) mass is 334 g/mol. The number of esters is 1. The summed E-state index contributed by atoms with van der Waals surface area (Å²) in [5, 5.41) is 0. The smallest absolute Gasteiger partial charge is 0.305 e. The fourth-order valence-corrected chi connectivity index (χ4v) is 3.56. The van der Waals surface area contributed by atoms with Gasteiger partial charge in [-0.15, -0.1) is 0 Å². The van der Waals surface area contributed by atoms with Gasteiger partial charge in [0.2, 0.25) is 0 Å². The molecular formula is C15H34O4Si2. The van der Waals surface area contributed by atoms with Crippen molar-refractivity contribution in [3.63, 3.8) is 0 Å². The van der Waals surface area contributed by atoms with E-state index >= 15 is 0 Å². The van der Waals surface area contributed by atoms with Gasteiger partial charge in [-0.05, 0) is 45.7 Å². The van der Waals surface area contributed by atoms with E-state index in [2.05, 4.69) is 46.2 Å². The molecule has 1 atom stereocenters. The van der Waals surface area contributed by atoms with Crippen LogP contribution in [0.1, 0.15) is 32.6 Å². The zero-order valence-electron chi connectivity index (χ0n) is 15.0. The van der Waals surface area contributed by atoms with Gasteiger partial charge in [0.25, 0.3) is 0 Å². The Bertz CT molecular complexity index is 295. The molecule has 0 rings (SSSR count). The molecule has 0 saturated carbocycles. The van der Waals surface area contributed by atoms with Crippen LogP contribution >= 0.6 is 0 Å². The highest BCUT2D eigenvalue weighted by Gasteiger charge is 2.25. The summed E-state index contributed by atoms with van der Waals surface area (Å²) in [7, 11) is -3.26. The van der Waals surface area contributed by atoms with Gasteiger partial charge in [-0.25, -0.2) is 0 Å². The molecule has 0 aromatic heterocycles. The van der Waals surface area contributed by atoms with Gasteiger partial charge in [-0.2, -0.15) is 0 Å². The van der Waals surface area contributed by atoms with Gasteiger partial charge in [-0.3, -0.25) is 4.79 Å². The zero-order valence-corrected chi connectivity index (χ0v) is 17.0. The molecule has 21 heavy (non-hydrogen) atoms. The number of carbonyl (C=O) groups is 1. The van der Waals surface area contributed by atoms with Crippen molar-refractivity contribution in [3.05, 3.63) is 0 Å². The minimum absolute atomic E-state index is 0.124. The molecule has 0 amide bonds. The number of hydrogen-bond donors (Lipinski definition) is 0. The summed E-state index contributed by atoms with van der Waals surface area (Å²) in [5.74, 6) is -0.124. The van der Waals surface area contributed by atoms with Crippen LogP contribution in [0.15, 0.2) is 0 Å². The van der Waals surface area contributed by atoms with Crippen LogP contribution in [0.5, 0.6) is 0 Å². The lowest BCUT2D eigenvalue weighted by Crippen LogP contribution is -2.40. The largest absolute Gasteiger partial charge is 0.463 e. The first-order valence-corrected chi connectivity index (χ1v) is 14.8. The molecule has 126 valence electrons. The maximum absolute atomic E-state index is 11.7. The lowest BCUT2D eigenvalue weighted by Gasteiger charge is -2.28. The van der Waals surface area contributed by atoms with E-state index in [1.807, 2.05) is 0 Å². The molecule has 0 aliphatic heterocycles. The predicted octanol–water partition coefficient (Wildman–Crippen LogP) is 4.18. The minimum atomic E-state index is -1.68. The maximum atomic E-state index is 11.7. The zero-order chi connectivity index (χ0) is 16.5. The van der Waals surface area contributed by atoms with Gasteiger partial charge >= 0.3 is 5.97 Å². The van der Waals surface area contributed by atoms with Crippen LogP contribution < -0.4 is 0 Å². The van der Waals surface area contributed by atoms with Gasteiger partial charge in [-0.1, -0.05) is 19.8 Å². The van der Waals surface area contributed by atoms with Crippen molar-refractivity contribution in [1.29, 1.82) is 0 Å². The second kappa shape index (κ2) is 9.76. The van der Waals surface area contributed by atoms with Crippen molar-refractivity contribution < 1.29 is 18.4 Å². The molecule has 6 heteroatoms. The van der Waals surface area contributed by atoms with E-state index in [-0.39, 0.29) is 12.1 Å². The molecule has 0 aromatic carbocycles. The Kier molecular flexibility index (Phi) is 9.68. The lowest BCUT2D eigenvalue weighted by molar-refractivity contribution is -0.146. The first kappa shape index (κ1) is 20.8. The second-order valence-electron chi connectivity index (χ2n) is 7.42. The van der Waals surface area contributed by atoms with Gasteiger partial charge < -0.3 is 13.6 Å². The molecule has 0 aliphatic rings. The van der Waals surface area contributed by atoms with Crippen LogP contribution in [0, 0.1) is 0 Å². The van der Waals surface area contributed by atoms with E-state index in [9.17, 15) is 4.79 Å². The van der Waals surface area contributed by atoms with Crippen molar-refractivity contribution >= 4 is 22.6 Å². The highest BCUT2D eigenvalue weighted by molar-refractivity contribution is 6.70. The normalized spacial score (nSPS) is 14.0. The molecule has 0 heterocycles.